The van der Waals surface area contributed by atoms with Crippen molar-refractivity contribution in [2.75, 3.05) is 0 Å². The number of rotatable bonds is 3. The summed E-state index contributed by atoms with van der Waals surface area (Å²) >= 11 is 21.1. The number of aliphatic imine (C=N–C) groups is 1. The first-order valence-corrected chi connectivity index (χ1v) is 7.18. The van der Waals surface area contributed by atoms with Crippen LogP contribution in [0.3, 0.4) is 0 Å². The molecule has 0 bridgehead atoms. The van der Waals surface area contributed by atoms with Gasteiger partial charge in [-0.3, -0.25) is 4.99 Å². The number of halogens is 4. The lowest BCUT2D eigenvalue weighted by Gasteiger charge is -2.14. The molecule has 1 rings (SSSR count). The van der Waals surface area contributed by atoms with E-state index in [1.165, 1.54) is 0 Å². The normalized spacial score (nSPS) is 12.9. The van der Waals surface area contributed by atoms with Gasteiger partial charge in [0.2, 0.25) is 3.79 Å². The van der Waals surface area contributed by atoms with Crippen molar-refractivity contribution in [3.63, 3.8) is 0 Å². The minimum absolute atomic E-state index is 0.579. The summed E-state index contributed by atoms with van der Waals surface area (Å²) in [5, 5.41) is 0. The Morgan fingerprint density at radius 2 is 2.00 bits per heavy atom. The number of nitrogens with zero attached hydrogens (tertiary/aromatic N) is 1. The fourth-order valence-corrected chi connectivity index (χ4v) is 2.27. The lowest BCUT2D eigenvalue weighted by Crippen LogP contribution is -2.18. The molecule has 17 heavy (non-hydrogen) atoms. The van der Waals surface area contributed by atoms with Crippen LogP contribution in [0.5, 0.6) is 0 Å². The van der Waals surface area contributed by atoms with Crippen molar-refractivity contribution in [2.24, 2.45) is 4.99 Å². The number of aryl methyl sites for hydroxylation is 1. The fourth-order valence-electron chi connectivity index (χ4n) is 1.39. The van der Waals surface area contributed by atoms with Crippen LogP contribution in [0.15, 0.2) is 27.7 Å². The summed E-state index contributed by atoms with van der Waals surface area (Å²) in [4.78, 5) is 4.46. The Morgan fingerprint density at radius 3 is 2.47 bits per heavy atom. The van der Waals surface area contributed by atoms with E-state index in [-0.39, 0.29) is 0 Å². The van der Waals surface area contributed by atoms with E-state index < -0.39 is 3.79 Å². The quantitative estimate of drug-likeness (QED) is 0.465. The second kappa shape index (κ2) is 6.42. The van der Waals surface area contributed by atoms with Crippen molar-refractivity contribution in [1.82, 2.24) is 0 Å². The summed E-state index contributed by atoms with van der Waals surface area (Å²) in [6, 6.07) is 5.82. The van der Waals surface area contributed by atoms with Crippen LogP contribution in [0.1, 0.15) is 25.3 Å². The zero-order valence-corrected chi connectivity index (χ0v) is 13.5. The molecule has 0 aliphatic carbocycles. The van der Waals surface area contributed by atoms with Gasteiger partial charge in [-0.25, -0.2) is 0 Å². The van der Waals surface area contributed by atoms with Crippen molar-refractivity contribution < 1.29 is 0 Å². The number of hydrogen-bond donors (Lipinski definition) is 0. The smallest absolute Gasteiger partial charge is 0.228 e. The van der Waals surface area contributed by atoms with Gasteiger partial charge in [0.25, 0.3) is 0 Å². The van der Waals surface area contributed by atoms with Crippen molar-refractivity contribution in [1.29, 1.82) is 0 Å². The number of benzene rings is 1. The monoisotopic (exact) mass is 355 g/mol. The van der Waals surface area contributed by atoms with Gasteiger partial charge in [-0.2, -0.15) is 0 Å². The molecule has 0 saturated carbocycles. The van der Waals surface area contributed by atoms with Gasteiger partial charge in [0, 0.05) is 4.47 Å². The number of hydrogen-bond acceptors (Lipinski definition) is 1. The molecule has 1 aromatic rings. The molecule has 0 aliphatic rings. The van der Waals surface area contributed by atoms with E-state index in [0.717, 1.165) is 22.1 Å². The molecule has 0 aliphatic heterocycles. The third-order valence-corrected chi connectivity index (χ3v) is 3.38. The summed E-state index contributed by atoms with van der Waals surface area (Å²) in [7, 11) is 0. The van der Waals surface area contributed by atoms with E-state index in [2.05, 4.69) is 20.9 Å². The lowest BCUT2D eigenvalue weighted by molar-refractivity contribution is 0.978. The molecule has 0 spiro atoms. The standard InChI is InChI=1S/C12H13BrCl3N/c1-3-4-11(12(14,15)16)17-10-6-5-9(13)7-8(10)2/h5-7H,3-4H2,1-2H3. The second-order valence-corrected chi connectivity index (χ2v) is 6.93. The van der Waals surface area contributed by atoms with Gasteiger partial charge in [0.15, 0.2) is 0 Å². The molecule has 0 atom stereocenters. The van der Waals surface area contributed by atoms with E-state index >= 15 is 0 Å². The van der Waals surface area contributed by atoms with Gasteiger partial charge in [-0.1, -0.05) is 64.1 Å². The molecule has 0 amide bonds. The van der Waals surface area contributed by atoms with Crippen LogP contribution in [0.25, 0.3) is 0 Å². The molecule has 0 fully saturated rings. The first kappa shape index (κ1) is 15.3. The van der Waals surface area contributed by atoms with Crippen molar-refractivity contribution in [3.8, 4) is 0 Å². The van der Waals surface area contributed by atoms with Crippen LogP contribution in [0.4, 0.5) is 5.69 Å². The molecule has 0 radical (unpaired) electrons. The van der Waals surface area contributed by atoms with E-state index in [1.807, 2.05) is 32.0 Å². The van der Waals surface area contributed by atoms with Crippen molar-refractivity contribution in [3.05, 3.63) is 28.2 Å². The van der Waals surface area contributed by atoms with Crippen LogP contribution < -0.4 is 0 Å². The summed E-state index contributed by atoms with van der Waals surface area (Å²) in [5.41, 5.74) is 2.46. The molecule has 5 heteroatoms. The Hall–Kier alpha value is 0.240. The average Bonchev–Trinajstić information content (AvgIpc) is 2.19. The third-order valence-electron chi connectivity index (χ3n) is 2.23. The molecular formula is C12H13BrCl3N. The highest BCUT2D eigenvalue weighted by atomic mass is 79.9. The maximum absolute atomic E-state index is 5.90. The van der Waals surface area contributed by atoms with Crippen LogP contribution >= 0.6 is 50.7 Å². The molecule has 0 unspecified atom stereocenters. The average molecular weight is 358 g/mol. The van der Waals surface area contributed by atoms with Crippen molar-refractivity contribution >= 4 is 62.1 Å². The van der Waals surface area contributed by atoms with Gasteiger partial charge in [0.1, 0.15) is 0 Å². The molecule has 94 valence electrons. The summed E-state index contributed by atoms with van der Waals surface area (Å²) in [6.45, 7) is 4.01. The molecule has 0 N–H and O–H groups in total. The van der Waals surface area contributed by atoms with Crippen molar-refractivity contribution in [2.45, 2.75) is 30.5 Å². The lowest BCUT2D eigenvalue weighted by atomic mass is 10.2. The summed E-state index contributed by atoms with van der Waals surface area (Å²) < 4.78 is -0.421. The predicted molar refractivity (Wildman–Crippen MR) is 81.2 cm³/mol. The van der Waals surface area contributed by atoms with Crippen LogP contribution in [-0.2, 0) is 0 Å². The molecule has 0 aromatic heterocycles. The van der Waals surface area contributed by atoms with Gasteiger partial charge in [0.05, 0.1) is 11.4 Å². The molecule has 1 aromatic carbocycles. The summed E-state index contributed by atoms with van der Waals surface area (Å²) in [6.07, 6.45) is 1.56. The minimum Gasteiger partial charge on any atom is -0.253 e. The van der Waals surface area contributed by atoms with Gasteiger partial charge >= 0.3 is 0 Å². The van der Waals surface area contributed by atoms with Gasteiger partial charge < -0.3 is 0 Å². The topological polar surface area (TPSA) is 12.4 Å². The Balaban J connectivity index is 3.13. The highest BCUT2D eigenvalue weighted by Crippen LogP contribution is 2.33. The second-order valence-electron chi connectivity index (χ2n) is 3.74. The maximum atomic E-state index is 5.90. The molecule has 1 nitrogen and oxygen atoms in total. The SMILES string of the molecule is CCCC(=Nc1ccc(Br)cc1C)C(Cl)(Cl)Cl. The van der Waals surface area contributed by atoms with E-state index in [4.69, 9.17) is 34.8 Å². The van der Waals surface area contributed by atoms with E-state index in [9.17, 15) is 0 Å². The zero-order valence-electron chi connectivity index (χ0n) is 9.61. The maximum Gasteiger partial charge on any atom is 0.228 e. The Labute approximate surface area is 125 Å². The number of alkyl halides is 3. The Kier molecular flexibility index (Phi) is 5.78. The highest BCUT2D eigenvalue weighted by molar-refractivity contribution is 9.10. The molecule has 0 heterocycles. The summed E-state index contributed by atoms with van der Waals surface area (Å²) in [5.74, 6) is 0. The first-order chi connectivity index (χ1) is 7.84. The van der Waals surface area contributed by atoms with E-state index in [1.54, 1.807) is 0 Å². The Morgan fingerprint density at radius 1 is 1.35 bits per heavy atom. The Bertz CT molecular complexity index is 424. The molecule has 0 saturated heterocycles. The zero-order chi connectivity index (χ0) is 13.1. The van der Waals surface area contributed by atoms with Crippen LogP contribution in [0, 0.1) is 6.92 Å². The van der Waals surface area contributed by atoms with E-state index in [0.29, 0.717) is 12.1 Å². The first-order valence-electron chi connectivity index (χ1n) is 5.25. The van der Waals surface area contributed by atoms with Gasteiger partial charge in [-0.15, -0.1) is 0 Å². The van der Waals surface area contributed by atoms with Gasteiger partial charge in [-0.05, 0) is 37.1 Å². The minimum atomic E-state index is -1.43. The van der Waals surface area contributed by atoms with Crippen LogP contribution in [0.2, 0.25) is 0 Å². The predicted octanol–water partition coefficient (Wildman–Crippen LogP) is 6.00. The third kappa shape index (κ3) is 4.78. The van der Waals surface area contributed by atoms with Crippen LogP contribution in [-0.4, -0.2) is 9.50 Å². The largest absolute Gasteiger partial charge is 0.253 e. The molecular weight excluding hydrogens is 344 g/mol. The highest BCUT2D eigenvalue weighted by Gasteiger charge is 2.27. The fraction of sp³-hybridized carbons (Fsp3) is 0.417.